The van der Waals surface area contributed by atoms with E-state index in [0.29, 0.717) is 17.0 Å². The molecule has 4 nitrogen and oxygen atoms in total. The SMILES string of the molecule is CC(Sc1nnc(CO)n1C1CC1)c1c(F)cccc1F. The van der Waals surface area contributed by atoms with Crippen molar-refractivity contribution in [1.82, 2.24) is 14.8 Å². The highest BCUT2D eigenvalue weighted by Gasteiger charge is 2.30. The normalized spacial score (nSPS) is 16.2. The number of hydrogen-bond acceptors (Lipinski definition) is 4. The second-order valence-corrected chi connectivity index (χ2v) is 6.36. The van der Waals surface area contributed by atoms with Gasteiger partial charge in [-0.1, -0.05) is 17.8 Å². The van der Waals surface area contributed by atoms with Crippen LogP contribution < -0.4 is 0 Å². The molecule has 0 bridgehead atoms. The van der Waals surface area contributed by atoms with Crippen LogP contribution in [-0.4, -0.2) is 19.9 Å². The van der Waals surface area contributed by atoms with Gasteiger partial charge in [-0.3, -0.25) is 0 Å². The van der Waals surface area contributed by atoms with Crippen molar-refractivity contribution in [2.24, 2.45) is 0 Å². The van der Waals surface area contributed by atoms with Gasteiger partial charge in [-0.25, -0.2) is 8.78 Å². The molecular weight excluding hydrogens is 296 g/mol. The van der Waals surface area contributed by atoms with Crippen LogP contribution in [0.4, 0.5) is 8.78 Å². The lowest BCUT2D eigenvalue weighted by Crippen LogP contribution is -2.04. The number of benzene rings is 1. The molecule has 0 saturated heterocycles. The highest BCUT2D eigenvalue weighted by Crippen LogP contribution is 2.42. The number of thioether (sulfide) groups is 1. The number of aliphatic hydroxyl groups excluding tert-OH is 1. The van der Waals surface area contributed by atoms with Crippen molar-refractivity contribution in [2.75, 3.05) is 0 Å². The first kappa shape index (κ1) is 14.5. The monoisotopic (exact) mass is 311 g/mol. The Morgan fingerprint density at radius 3 is 2.57 bits per heavy atom. The standard InChI is InChI=1S/C14H15F2N3OS/c1-8(13-10(15)3-2-4-11(13)16)21-14-18-17-12(7-20)19(14)9-5-6-9/h2-4,8-9,20H,5-7H2,1H3. The number of nitrogens with zero attached hydrogens (tertiary/aromatic N) is 3. The first-order chi connectivity index (χ1) is 10.1. The van der Waals surface area contributed by atoms with Crippen LogP contribution in [0.1, 0.15) is 42.4 Å². The van der Waals surface area contributed by atoms with Crippen molar-refractivity contribution in [3.8, 4) is 0 Å². The van der Waals surface area contributed by atoms with Crippen LogP contribution in [0.15, 0.2) is 23.4 Å². The van der Waals surface area contributed by atoms with E-state index in [9.17, 15) is 13.9 Å². The molecule has 0 aliphatic heterocycles. The van der Waals surface area contributed by atoms with Crippen molar-refractivity contribution < 1.29 is 13.9 Å². The van der Waals surface area contributed by atoms with Gasteiger partial charge in [0.15, 0.2) is 11.0 Å². The summed E-state index contributed by atoms with van der Waals surface area (Å²) in [4.78, 5) is 0. The average Bonchev–Trinajstić information content (AvgIpc) is 3.20. The minimum absolute atomic E-state index is 0.0402. The highest BCUT2D eigenvalue weighted by atomic mass is 32.2. The van der Waals surface area contributed by atoms with Crippen LogP contribution in [0.2, 0.25) is 0 Å². The third-order valence-electron chi connectivity index (χ3n) is 3.48. The fourth-order valence-corrected chi connectivity index (χ4v) is 3.43. The summed E-state index contributed by atoms with van der Waals surface area (Å²) in [7, 11) is 0. The van der Waals surface area contributed by atoms with E-state index in [0.717, 1.165) is 12.8 Å². The van der Waals surface area contributed by atoms with Gasteiger partial charge in [-0.2, -0.15) is 0 Å². The van der Waals surface area contributed by atoms with Gasteiger partial charge < -0.3 is 9.67 Å². The maximum Gasteiger partial charge on any atom is 0.192 e. The van der Waals surface area contributed by atoms with Crippen LogP contribution in [0.3, 0.4) is 0 Å². The lowest BCUT2D eigenvalue weighted by molar-refractivity contribution is 0.263. The Balaban J connectivity index is 1.88. The minimum atomic E-state index is -0.560. The van der Waals surface area contributed by atoms with E-state index >= 15 is 0 Å². The molecule has 3 rings (SSSR count). The highest BCUT2D eigenvalue weighted by molar-refractivity contribution is 7.99. The van der Waals surface area contributed by atoms with Crippen molar-refractivity contribution >= 4 is 11.8 Å². The number of hydrogen-bond donors (Lipinski definition) is 1. The van der Waals surface area contributed by atoms with Gasteiger partial charge in [0.1, 0.15) is 18.2 Å². The van der Waals surface area contributed by atoms with E-state index in [2.05, 4.69) is 10.2 Å². The number of halogens is 2. The summed E-state index contributed by atoms with van der Waals surface area (Å²) in [6.45, 7) is 1.54. The van der Waals surface area contributed by atoms with Gasteiger partial charge in [0.25, 0.3) is 0 Å². The third-order valence-corrected chi connectivity index (χ3v) is 4.56. The Bertz CT molecular complexity index is 637. The second-order valence-electron chi connectivity index (χ2n) is 5.05. The Morgan fingerprint density at radius 1 is 1.33 bits per heavy atom. The summed E-state index contributed by atoms with van der Waals surface area (Å²) < 4.78 is 29.5. The Hall–Kier alpha value is -1.47. The Labute approximate surface area is 125 Å². The molecule has 1 saturated carbocycles. The summed E-state index contributed by atoms with van der Waals surface area (Å²) in [5, 5.41) is 17.4. The number of rotatable bonds is 5. The van der Waals surface area contributed by atoms with E-state index in [1.807, 2.05) is 4.57 Å². The van der Waals surface area contributed by atoms with Crippen LogP contribution in [0, 0.1) is 11.6 Å². The predicted molar refractivity (Wildman–Crippen MR) is 74.8 cm³/mol. The fraction of sp³-hybridized carbons (Fsp3) is 0.429. The zero-order valence-corrected chi connectivity index (χ0v) is 12.3. The van der Waals surface area contributed by atoms with Crippen LogP contribution in [0.25, 0.3) is 0 Å². The van der Waals surface area contributed by atoms with E-state index in [1.54, 1.807) is 6.92 Å². The molecule has 1 aliphatic rings. The molecule has 7 heteroatoms. The lowest BCUT2D eigenvalue weighted by Gasteiger charge is -2.14. The molecule has 1 aromatic carbocycles. The fourth-order valence-electron chi connectivity index (χ4n) is 2.31. The quantitative estimate of drug-likeness (QED) is 0.861. The Morgan fingerprint density at radius 2 is 2.00 bits per heavy atom. The van der Waals surface area contributed by atoms with E-state index in [-0.39, 0.29) is 12.2 Å². The van der Waals surface area contributed by atoms with Gasteiger partial charge in [-0.15, -0.1) is 10.2 Å². The van der Waals surface area contributed by atoms with Gasteiger partial charge in [0, 0.05) is 16.9 Å². The summed E-state index contributed by atoms with van der Waals surface area (Å²) >= 11 is 1.25. The van der Waals surface area contributed by atoms with E-state index in [1.165, 1.54) is 30.0 Å². The summed E-state index contributed by atoms with van der Waals surface area (Å²) in [6.07, 6.45) is 2.03. The first-order valence-electron chi connectivity index (χ1n) is 6.77. The first-order valence-corrected chi connectivity index (χ1v) is 7.65. The summed E-state index contributed by atoms with van der Waals surface area (Å²) in [5.74, 6) is -0.619. The minimum Gasteiger partial charge on any atom is -0.388 e. The zero-order chi connectivity index (χ0) is 15.0. The van der Waals surface area contributed by atoms with E-state index in [4.69, 9.17) is 0 Å². The largest absolute Gasteiger partial charge is 0.388 e. The van der Waals surface area contributed by atoms with Crippen molar-refractivity contribution in [2.45, 2.75) is 42.8 Å². The van der Waals surface area contributed by atoms with Crippen LogP contribution in [-0.2, 0) is 6.61 Å². The summed E-state index contributed by atoms with van der Waals surface area (Å²) in [5.41, 5.74) is 0.0402. The van der Waals surface area contributed by atoms with Crippen molar-refractivity contribution in [3.05, 3.63) is 41.2 Å². The molecule has 21 heavy (non-hydrogen) atoms. The molecule has 0 amide bonds. The molecule has 112 valence electrons. The van der Waals surface area contributed by atoms with Gasteiger partial charge in [0.05, 0.1) is 0 Å². The molecule has 1 unspecified atom stereocenters. The molecule has 0 spiro atoms. The molecular formula is C14H15F2N3OS. The molecule has 2 aromatic rings. The molecule has 1 N–H and O–H groups in total. The van der Waals surface area contributed by atoms with Crippen LogP contribution in [0.5, 0.6) is 0 Å². The smallest absolute Gasteiger partial charge is 0.192 e. The molecule has 1 fully saturated rings. The second kappa shape index (κ2) is 5.73. The maximum atomic E-state index is 13.8. The third kappa shape index (κ3) is 2.80. The molecule has 1 atom stereocenters. The van der Waals surface area contributed by atoms with Crippen molar-refractivity contribution in [3.63, 3.8) is 0 Å². The molecule has 1 aromatic heterocycles. The van der Waals surface area contributed by atoms with Gasteiger partial charge >= 0.3 is 0 Å². The summed E-state index contributed by atoms with van der Waals surface area (Å²) in [6, 6.07) is 4.14. The topological polar surface area (TPSA) is 50.9 Å². The number of aliphatic hydroxyl groups is 1. The maximum absolute atomic E-state index is 13.8. The molecule has 1 heterocycles. The lowest BCUT2D eigenvalue weighted by atomic mass is 10.1. The molecule has 1 aliphatic carbocycles. The predicted octanol–water partition coefficient (Wildman–Crippen LogP) is 3.24. The van der Waals surface area contributed by atoms with Gasteiger partial charge in [-0.05, 0) is 31.9 Å². The Kier molecular flexibility index (Phi) is 3.95. The van der Waals surface area contributed by atoms with Gasteiger partial charge in [0.2, 0.25) is 0 Å². The number of aromatic nitrogens is 3. The molecule has 0 radical (unpaired) electrons. The van der Waals surface area contributed by atoms with Crippen molar-refractivity contribution in [1.29, 1.82) is 0 Å². The van der Waals surface area contributed by atoms with E-state index < -0.39 is 16.9 Å². The average molecular weight is 311 g/mol. The zero-order valence-electron chi connectivity index (χ0n) is 11.5. The van der Waals surface area contributed by atoms with Crippen LogP contribution >= 0.6 is 11.8 Å².